The number of aromatic nitrogens is 3. The van der Waals surface area contributed by atoms with Gasteiger partial charge in [0.15, 0.2) is 17.4 Å². The van der Waals surface area contributed by atoms with Crippen molar-refractivity contribution in [1.29, 1.82) is 0 Å². The van der Waals surface area contributed by atoms with E-state index in [1.807, 2.05) is 18.2 Å². The minimum Gasteiger partial charge on any atom is -0.494 e. The molecule has 0 atom stereocenters. The Morgan fingerprint density at radius 3 is 2.55 bits per heavy atom. The van der Waals surface area contributed by atoms with Gasteiger partial charge in [0, 0.05) is 37.0 Å². The average molecular weight is 417 g/mol. The highest BCUT2D eigenvalue weighted by molar-refractivity contribution is 6.03. The van der Waals surface area contributed by atoms with Crippen LogP contribution in [0.4, 0.5) is 17.2 Å². The summed E-state index contributed by atoms with van der Waals surface area (Å²) in [6.07, 6.45) is 6.95. The zero-order valence-corrected chi connectivity index (χ0v) is 17.4. The predicted octanol–water partition coefficient (Wildman–Crippen LogP) is 4.23. The number of anilines is 3. The van der Waals surface area contributed by atoms with Gasteiger partial charge < -0.3 is 15.4 Å². The third-order valence-corrected chi connectivity index (χ3v) is 5.02. The molecule has 8 heteroatoms. The molecule has 1 fully saturated rings. The zero-order valence-electron chi connectivity index (χ0n) is 17.4. The zero-order chi connectivity index (χ0) is 21.8. The van der Waals surface area contributed by atoms with Crippen LogP contribution in [0.1, 0.15) is 36.5 Å². The molecule has 0 unspecified atom stereocenters. The van der Waals surface area contributed by atoms with Crippen molar-refractivity contribution >= 4 is 28.9 Å². The smallest absolute Gasteiger partial charge is 0.228 e. The van der Waals surface area contributed by atoms with Crippen LogP contribution < -0.4 is 15.4 Å². The summed E-state index contributed by atoms with van der Waals surface area (Å²) in [4.78, 5) is 37.5. The Balaban J connectivity index is 1.71. The molecule has 4 rings (SSSR count). The van der Waals surface area contributed by atoms with Crippen LogP contribution in [-0.2, 0) is 4.79 Å². The van der Waals surface area contributed by atoms with Gasteiger partial charge in [-0.15, -0.1) is 0 Å². The van der Waals surface area contributed by atoms with Gasteiger partial charge in [0.2, 0.25) is 5.91 Å². The van der Waals surface area contributed by atoms with E-state index in [-0.39, 0.29) is 17.6 Å². The van der Waals surface area contributed by atoms with E-state index in [1.54, 1.807) is 38.6 Å². The number of rotatable bonds is 8. The number of carbonyl (C=O) groups is 2. The lowest BCUT2D eigenvalue weighted by molar-refractivity contribution is -0.117. The minimum absolute atomic E-state index is 0.0474. The van der Waals surface area contributed by atoms with Gasteiger partial charge >= 0.3 is 0 Å². The molecule has 1 aliphatic carbocycles. The fourth-order valence-electron chi connectivity index (χ4n) is 3.23. The second-order valence-electron chi connectivity index (χ2n) is 7.24. The van der Waals surface area contributed by atoms with E-state index in [4.69, 9.17) is 4.74 Å². The Bertz CT molecular complexity index is 1110. The summed E-state index contributed by atoms with van der Waals surface area (Å²) in [5, 5.41) is 6.11. The molecular weight excluding hydrogens is 394 g/mol. The lowest BCUT2D eigenvalue weighted by atomic mass is 10.1. The predicted molar refractivity (Wildman–Crippen MR) is 118 cm³/mol. The maximum atomic E-state index is 12.5. The number of carbonyl (C=O) groups excluding carboxylic acids is 2. The maximum absolute atomic E-state index is 12.5. The summed E-state index contributed by atoms with van der Waals surface area (Å²) in [5.41, 5.74) is 2.34. The molecule has 1 saturated carbocycles. The Kier molecular flexibility index (Phi) is 5.88. The van der Waals surface area contributed by atoms with E-state index < -0.39 is 0 Å². The third-order valence-electron chi connectivity index (χ3n) is 5.02. The highest BCUT2D eigenvalue weighted by Crippen LogP contribution is 2.37. The first kappa shape index (κ1) is 20.5. The fraction of sp³-hybridized carbons (Fsp3) is 0.261. The van der Waals surface area contributed by atoms with Crippen LogP contribution in [-0.4, -0.2) is 33.8 Å². The van der Waals surface area contributed by atoms with Crippen LogP contribution in [0.5, 0.6) is 5.75 Å². The number of ketones is 1. The molecule has 1 aromatic carbocycles. The van der Waals surface area contributed by atoms with E-state index in [1.165, 1.54) is 6.20 Å². The topological polar surface area (TPSA) is 106 Å². The fourth-order valence-corrected chi connectivity index (χ4v) is 3.23. The monoisotopic (exact) mass is 417 g/mol. The summed E-state index contributed by atoms with van der Waals surface area (Å²) in [5.74, 6) is 1.42. The average Bonchev–Trinajstić information content (AvgIpc) is 3.65. The van der Waals surface area contributed by atoms with Crippen molar-refractivity contribution < 1.29 is 14.3 Å². The van der Waals surface area contributed by atoms with Crippen molar-refractivity contribution in [3.05, 3.63) is 54.5 Å². The lowest BCUT2D eigenvalue weighted by Gasteiger charge is -2.17. The number of benzene rings is 1. The van der Waals surface area contributed by atoms with Crippen LogP contribution in [0.3, 0.4) is 0 Å². The van der Waals surface area contributed by atoms with Crippen molar-refractivity contribution in [2.45, 2.75) is 26.2 Å². The van der Waals surface area contributed by atoms with Crippen molar-refractivity contribution in [3.8, 4) is 17.1 Å². The molecule has 8 nitrogen and oxygen atoms in total. The molecule has 3 aromatic rings. The first-order valence-electron chi connectivity index (χ1n) is 10.2. The maximum Gasteiger partial charge on any atom is 0.228 e. The van der Waals surface area contributed by atoms with Crippen molar-refractivity contribution in [3.63, 3.8) is 0 Å². The first-order chi connectivity index (χ1) is 15.1. The number of methoxy groups -OCH3 is 1. The van der Waals surface area contributed by atoms with E-state index in [0.717, 1.165) is 12.8 Å². The van der Waals surface area contributed by atoms with Crippen molar-refractivity contribution in [2.75, 3.05) is 17.7 Å². The van der Waals surface area contributed by atoms with Gasteiger partial charge in [-0.1, -0.05) is 13.0 Å². The molecular formula is C23H23N5O3. The molecule has 2 aromatic heterocycles. The van der Waals surface area contributed by atoms with E-state index in [2.05, 4.69) is 25.6 Å². The minimum atomic E-state index is -0.0587. The Labute approximate surface area is 180 Å². The van der Waals surface area contributed by atoms with Crippen LogP contribution in [0.15, 0.2) is 48.9 Å². The number of Topliss-reactive ketones (excluding diaryl/α,β-unsaturated/α-hetero) is 1. The number of hydrogen-bond donors (Lipinski definition) is 2. The molecule has 1 aliphatic rings. The highest BCUT2D eigenvalue weighted by Gasteiger charge is 2.30. The molecule has 2 heterocycles. The quantitative estimate of drug-likeness (QED) is 0.528. The normalized spacial score (nSPS) is 12.8. The second kappa shape index (κ2) is 8.91. The largest absolute Gasteiger partial charge is 0.494 e. The highest BCUT2D eigenvalue weighted by atomic mass is 16.5. The number of amides is 1. The molecule has 31 heavy (non-hydrogen) atoms. The van der Waals surface area contributed by atoms with E-state index >= 15 is 0 Å². The summed E-state index contributed by atoms with van der Waals surface area (Å²) >= 11 is 0. The molecule has 2 N–H and O–H groups in total. The van der Waals surface area contributed by atoms with Gasteiger partial charge in [-0.05, 0) is 31.0 Å². The molecule has 0 bridgehead atoms. The lowest BCUT2D eigenvalue weighted by Crippen LogP contribution is -2.15. The molecule has 1 amide bonds. The number of nitrogens with zero attached hydrogens (tertiary/aromatic N) is 3. The van der Waals surface area contributed by atoms with Gasteiger partial charge in [0.05, 0.1) is 29.6 Å². The summed E-state index contributed by atoms with van der Waals surface area (Å²) < 4.78 is 5.65. The third kappa shape index (κ3) is 4.53. The van der Waals surface area contributed by atoms with Crippen LogP contribution in [0, 0.1) is 5.92 Å². The van der Waals surface area contributed by atoms with Crippen LogP contribution in [0.2, 0.25) is 0 Å². The molecule has 0 radical (unpaired) electrons. The van der Waals surface area contributed by atoms with Crippen LogP contribution in [0.25, 0.3) is 11.4 Å². The van der Waals surface area contributed by atoms with Gasteiger partial charge in [-0.25, -0.2) is 15.0 Å². The molecule has 0 saturated heterocycles. The standard InChI is InChI=1S/C23H23N5O3/c1-3-19(29)16-13-26-20(28-23(30)14-8-9-14)12-18(16)27-17-7-4-6-15(21(17)31-2)22-24-10-5-11-25-22/h4-7,10-14H,3,8-9H2,1-2H3,(H2,26,27,28,30). The number of hydrogen-bond acceptors (Lipinski definition) is 7. The Hall–Kier alpha value is -3.81. The molecule has 0 aliphatic heterocycles. The number of para-hydroxylation sites is 1. The summed E-state index contributed by atoms with van der Waals surface area (Å²) in [6, 6.07) is 8.98. The second-order valence-corrected chi connectivity index (χ2v) is 7.24. The Morgan fingerprint density at radius 1 is 1.10 bits per heavy atom. The summed E-state index contributed by atoms with van der Waals surface area (Å²) in [6.45, 7) is 1.79. The summed E-state index contributed by atoms with van der Waals surface area (Å²) in [7, 11) is 1.57. The van der Waals surface area contributed by atoms with E-state index in [0.29, 0.717) is 46.3 Å². The SMILES string of the molecule is CCC(=O)c1cnc(NC(=O)C2CC2)cc1Nc1cccc(-c2ncccn2)c1OC. The van der Waals surface area contributed by atoms with Crippen LogP contribution >= 0.6 is 0 Å². The van der Waals surface area contributed by atoms with Gasteiger partial charge in [0.25, 0.3) is 0 Å². The van der Waals surface area contributed by atoms with Gasteiger partial charge in [0.1, 0.15) is 5.82 Å². The van der Waals surface area contributed by atoms with Crippen molar-refractivity contribution in [2.24, 2.45) is 5.92 Å². The van der Waals surface area contributed by atoms with Gasteiger partial charge in [-0.2, -0.15) is 0 Å². The Morgan fingerprint density at radius 2 is 1.87 bits per heavy atom. The molecule has 158 valence electrons. The van der Waals surface area contributed by atoms with Gasteiger partial charge in [-0.3, -0.25) is 9.59 Å². The number of ether oxygens (including phenoxy) is 1. The van der Waals surface area contributed by atoms with E-state index in [9.17, 15) is 9.59 Å². The number of pyridine rings is 1. The number of nitrogens with one attached hydrogen (secondary N) is 2. The first-order valence-corrected chi connectivity index (χ1v) is 10.2. The van der Waals surface area contributed by atoms with Crippen molar-refractivity contribution in [1.82, 2.24) is 15.0 Å². The molecule has 0 spiro atoms.